The Hall–Kier alpha value is 0.140. The second-order valence-corrected chi connectivity index (χ2v) is 6.26. The Bertz CT molecular complexity index is 211. The van der Waals surface area contributed by atoms with Crippen LogP contribution in [0.2, 0.25) is 0 Å². The van der Waals surface area contributed by atoms with Crippen LogP contribution in [0.3, 0.4) is 0 Å². The predicted molar refractivity (Wildman–Crippen MR) is 96.1 cm³/mol. The lowest BCUT2D eigenvalue weighted by atomic mass is 10.1. The zero-order valence-electron chi connectivity index (χ0n) is 14.1. The number of hydrogen-bond acceptors (Lipinski definition) is 2. The van der Waals surface area contributed by atoms with E-state index in [9.17, 15) is 0 Å². The molecule has 0 saturated carbocycles. The lowest BCUT2D eigenvalue weighted by Gasteiger charge is -2.18. The Balaban J connectivity index is 3.43. The summed E-state index contributed by atoms with van der Waals surface area (Å²) in [5.74, 6) is 0. The largest absolute Gasteiger partial charge is 0.353 e. The minimum Gasteiger partial charge on any atom is -0.353 e. The van der Waals surface area contributed by atoms with Gasteiger partial charge in [0.15, 0.2) is 6.29 Å². The summed E-state index contributed by atoms with van der Waals surface area (Å²) in [5, 5.41) is 1.07. The van der Waals surface area contributed by atoms with Crippen molar-refractivity contribution in [1.82, 2.24) is 0 Å². The highest BCUT2D eigenvalue weighted by molar-refractivity contribution is 9.09. The van der Waals surface area contributed by atoms with Gasteiger partial charge in [0.1, 0.15) is 0 Å². The summed E-state index contributed by atoms with van der Waals surface area (Å²) in [7, 11) is 0. The standard InChI is InChI=1S/C18H35BrO2/c1-3-16-20-18(21-17-4-2)14-12-10-8-6-5-7-9-11-13-15-19/h9,11,18H,3-8,10,12-17H2,1-2H3/b11-9-. The Morgan fingerprint density at radius 2 is 1.38 bits per heavy atom. The molecule has 0 fully saturated rings. The molecule has 21 heavy (non-hydrogen) atoms. The van der Waals surface area contributed by atoms with Crippen molar-refractivity contribution < 1.29 is 9.47 Å². The second kappa shape index (κ2) is 18.2. The quantitative estimate of drug-likeness (QED) is 0.140. The van der Waals surface area contributed by atoms with Gasteiger partial charge in [-0.1, -0.05) is 61.2 Å². The molecule has 0 radical (unpaired) electrons. The van der Waals surface area contributed by atoms with Crippen molar-refractivity contribution in [2.24, 2.45) is 0 Å². The van der Waals surface area contributed by atoms with E-state index in [1.165, 1.54) is 38.5 Å². The summed E-state index contributed by atoms with van der Waals surface area (Å²) in [6, 6.07) is 0. The molecule has 0 aromatic heterocycles. The lowest BCUT2D eigenvalue weighted by molar-refractivity contribution is -0.146. The fourth-order valence-corrected chi connectivity index (χ4v) is 2.38. The molecule has 0 aliphatic heterocycles. The van der Waals surface area contributed by atoms with Crippen molar-refractivity contribution >= 4 is 15.9 Å². The number of unbranched alkanes of at least 4 members (excludes halogenated alkanes) is 5. The average molecular weight is 363 g/mol. The SMILES string of the molecule is CCCOC(CCCCCCC/C=C\CCBr)OCCC. The van der Waals surface area contributed by atoms with Gasteiger partial charge in [-0.25, -0.2) is 0 Å². The zero-order chi connectivity index (χ0) is 15.6. The van der Waals surface area contributed by atoms with Crippen molar-refractivity contribution in [3.63, 3.8) is 0 Å². The van der Waals surface area contributed by atoms with E-state index in [0.29, 0.717) is 0 Å². The maximum atomic E-state index is 5.74. The molecule has 0 unspecified atom stereocenters. The van der Waals surface area contributed by atoms with Gasteiger partial charge in [-0.2, -0.15) is 0 Å². The van der Waals surface area contributed by atoms with Crippen LogP contribution in [0.1, 0.15) is 78.1 Å². The number of alkyl halides is 1. The third kappa shape index (κ3) is 16.3. The first-order chi connectivity index (χ1) is 10.3. The highest BCUT2D eigenvalue weighted by Crippen LogP contribution is 2.12. The Morgan fingerprint density at radius 1 is 0.810 bits per heavy atom. The minimum absolute atomic E-state index is 0.0251. The van der Waals surface area contributed by atoms with Crippen LogP contribution in [0.15, 0.2) is 12.2 Å². The van der Waals surface area contributed by atoms with Crippen LogP contribution in [0.25, 0.3) is 0 Å². The topological polar surface area (TPSA) is 18.5 Å². The fourth-order valence-electron chi connectivity index (χ4n) is 2.12. The van der Waals surface area contributed by atoms with E-state index in [0.717, 1.165) is 44.2 Å². The third-order valence-electron chi connectivity index (χ3n) is 3.27. The highest BCUT2D eigenvalue weighted by atomic mass is 79.9. The van der Waals surface area contributed by atoms with E-state index in [2.05, 4.69) is 41.9 Å². The Labute approximate surface area is 140 Å². The van der Waals surface area contributed by atoms with E-state index in [-0.39, 0.29) is 6.29 Å². The number of halogens is 1. The maximum Gasteiger partial charge on any atom is 0.157 e. The summed E-state index contributed by atoms with van der Waals surface area (Å²) in [5.41, 5.74) is 0. The van der Waals surface area contributed by atoms with Crippen LogP contribution in [-0.2, 0) is 9.47 Å². The van der Waals surface area contributed by atoms with Gasteiger partial charge in [0.2, 0.25) is 0 Å². The van der Waals surface area contributed by atoms with E-state index in [1.807, 2.05) is 0 Å². The first-order valence-electron chi connectivity index (χ1n) is 8.79. The van der Waals surface area contributed by atoms with Crippen LogP contribution in [-0.4, -0.2) is 24.8 Å². The molecular formula is C18H35BrO2. The normalized spacial score (nSPS) is 11.8. The van der Waals surface area contributed by atoms with Crippen LogP contribution in [0.5, 0.6) is 0 Å². The molecule has 0 saturated heterocycles. The van der Waals surface area contributed by atoms with Gasteiger partial charge in [-0.15, -0.1) is 0 Å². The third-order valence-corrected chi connectivity index (χ3v) is 3.73. The average Bonchev–Trinajstić information content (AvgIpc) is 2.51. The predicted octanol–water partition coefficient (Wildman–Crippen LogP) is 6.24. The molecule has 0 aromatic rings. The highest BCUT2D eigenvalue weighted by Gasteiger charge is 2.07. The van der Waals surface area contributed by atoms with Crippen molar-refractivity contribution in [3.05, 3.63) is 12.2 Å². The van der Waals surface area contributed by atoms with Crippen molar-refractivity contribution in [2.45, 2.75) is 84.3 Å². The monoisotopic (exact) mass is 362 g/mol. The summed E-state index contributed by atoms with van der Waals surface area (Å²) >= 11 is 3.43. The van der Waals surface area contributed by atoms with Crippen molar-refractivity contribution in [1.29, 1.82) is 0 Å². The Morgan fingerprint density at radius 3 is 2.00 bits per heavy atom. The van der Waals surface area contributed by atoms with Crippen LogP contribution < -0.4 is 0 Å². The molecule has 0 spiro atoms. The first kappa shape index (κ1) is 21.1. The number of rotatable bonds is 16. The molecule has 0 bridgehead atoms. The minimum atomic E-state index is 0.0251. The number of allylic oxidation sites excluding steroid dienone is 2. The summed E-state index contributed by atoms with van der Waals surface area (Å²) in [6.45, 7) is 5.91. The summed E-state index contributed by atoms with van der Waals surface area (Å²) in [6.07, 6.45) is 16.7. The molecule has 126 valence electrons. The molecule has 0 heterocycles. The van der Waals surface area contributed by atoms with Gasteiger partial charge in [0.05, 0.1) is 0 Å². The zero-order valence-corrected chi connectivity index (χ0v) is 15.7. The smallest absolute Gasteiger partial charge is 0.157 e. The lowest BCUT2D eigenvalue weighted by Crippen LogP contribution is -2.18. The van der Waals surface area contributed by atoms with Crippen LogP contribution in [0, 0.1) is 0 Å². The molecule has 0 rings (SSSR count). The summed E-state index contributed by atoms with van der Waals surface area (Å²) in [4.78, 5) is 0. The van der Waals surface area contributed by atoms with Gasteiger partial charge in [-0.05, 0) is 44.9 Å². The van der Waals surface area contributed by atoms with Crippen molar-refractivity contribution in [3.8, 4) is 0 Å². The van der Waals surface area contributed by atoms with Crippen LogP contribution >= 0.6 is 15.9 Å². The molecule has 3 heteroatoms. The van der Waals surface area contributed by atoms with E-state index in [4.69, 9.17) is 9.47 Å². The molecular weight excluding hydrogens is 328 g/mol. The maximum absolute atomic E-state index is 5.74. The van der Waals surface area contributed by atoms with Crippen LogP contribution in [0.4, 0.5) is 0 Å². The first-order valence-corrected chi connectivity index (χ1v) is 9.91. The van der Waals surface area contributed by atoms with Gasteiger partial charge >= 0.3 is 0 Å². The Kier molecular flexibility index (Phi) is 18.3. The van der Waals surface area contributed by atoms with E-state index < -0.39 is 0 Å². The van der Waals surface area contributed by atoms with Gasteiger partial charge < -0.3 is 9.47 Å². The number of hydrogen-bond donors (Lipinski definition) is 0. The fraction of sp³-hybridized carbons (Fsp3) is 0.889. The molecule has 0 amide bonds. The molecule has 2 nitrogen and oxygen atoms in total. The second-order valence-electron chi connectivity index (χ2n) is 5.47. The molecule has 0 aliphatic carbocycles. The molecule has 0 atom stereocenters. The van der Waals surface area contributed by atoms with Gasteiger partial charge in [0, 0.05) is 18.5 Å². The van der Waals surface area contributed by atoms with Gasteiger partial charge in [0.25, 0.3) is 0 Å². The summed E-state index contributed by atoms with van der Waals surface area (Å²) < 4.78 is 11.5. The molecule has 0 aromatic carbocycles. The molecule has 0 aliphatic rings. The molecule has 0 N–H and O–H groups in total. The van der Waals surface area contributed by atoms with Crippen molar-refractivity contribution in [2.75, 3.05) is 18.5 Å². The number of ether oxygens (including phenoxy) is 2. The van der Waals surface area contributed by atoms with E-state index in [1.54, 1.807) is 0 Å². The van der Waals surface area contributed by atoms with E-state index >= 15 is 0 Å². The van der Waals surface area contributed by atoms with Gasteiger partial charge in [-0.3, -0.25) is 0 Å².